The largest absolute Gasteiger partial charge is 0.490 e. The third-order valence-electron chi connectivity index (χ3n) is 5.40. The number of aliphatic carboxylic acids is 1. The predicted molar refractivity (Wildman–Crippen MR) is 109 cm³/mol. The number of hydrogen-bond acceptors (Lipinski definition) is 3. The summed E-state index contributed by atoms with van der Waals surface area (Å²) in [6, 6.07) is 12.2. The average Bonchev–Trinajstić information content (AvgIpc) is 3.43. The van der Waals surface area contributed by atoms with Crippen molar-refractivity contribution >= 4 is 18.0 Å². The van der Waals surface area contributed by atoms with Crippen LogP contribution in [0.1, 0.15) is 51.5 Å². The van der Waals surface area contributed by atoms with Crippen molar-refractivity contribution in [1.29, 1.82) is 0 Å². The Balaban J connectivity index is 0.000000396. The number of alkyl halides is 3. The van der Waals surface area contributed by atoms with Crippen LogP contribution in [0, 0.1) is 5.92 Å². The molecule has 2 atom stereocenters. The van der Waals surface area contributed by atoms with E-state index in [1.165, 1.54) is 30.4 Å². The number of benzene rings is 1. The smallest absolute Gasteiger partial charge is 0.475 e. The summed E-state index contributed by atoms with van der Waals surface area (Å²) in [6.45, 7) is 3.87. The van der Waals surface area contributed by atoms with Gasteiger partial charge in [0.05, 0.1) is 0 Å². The molecule has 2 fully saturated rings. The molecule has 8 heteroatoms. The molecule has 2 saturated carbocycles. The highest BCUT2D eigenvalue weighted by molar-refractivity contribution is 5.73. The van der Waals surface area contributed by atoms with Crippen molar-refractivity contribution in [2.45, 2.75) is 70.3 Å². The number of halogens is 3. The fourth-order valence-corrected chi connectivity index (χ4v) is 3.80. The molecule has 30 heavy (non-hydrogen) atoms. The Morgan fingerprint density at radius 3 is 2.07 bits per heavy atom. The molecule has 0 aromatic heterocycles. The van der Waals surface area contributed by atoms with E-state index in [9.17, 15) is 18.0 Å². The Labute approximate surface area is 174 Å². The highest BCUT2D eigenvalue weighted by Crippen LogP contribution is 2.39. The van der Waals surface area contributed by atoms with Crippen LogP contribution in [0.3, 0.4) is 0 Å². The third-order valence-corrected chi connectivity index (χ3v) is 5.40. The first-order chi connectivity index (χ1) is 14.1. The number of amides is 1. The fourth-order valence-electron chi connectivity index (χ4n) is 3.80. The second kappa shape index (κ2) is 10.6. The molecule has 0 heterocycles. The van der Waals surface area contributed by atoms with Gasteiger partial charge in [0.25, 0.3) is 0 Å². The van der Waals surface area contributed by atoms with Crippen LogP contribution in [-0.4, -0.2) is 41.3 Å². The SMILES string of the molecule is CC(=O)NC1CCC(N[C@@H]2C[C@H]2/C(C)=C/c2ccccc2)CC1.O=C(O)C(F)(F)F. The molecule has 5 nitrogen and oxygen atoms in total. The van der Waals surface area contributed by atoms with Gasteiger partial charge in [0, 0.05) is 25.0 Å². The lowest BCUT2D eigenvalue weighted by Gasteiger charge is -2.29. The quantitative estimate of drug-likeness (QED) is 0.661. The highest BCUT2D eigenvalue weighted by atomic mass is 19.4. The maximum absolute atomic E-state index is 11.1. The number of hydrogen-bond donors (Lipinski definition) is 3. The Morgan fingerprint density at radius 2 is 1.57 bits per heavy atom. The maximum Gasteiger partial charge on any atom is 0.490 e. The van der Waals surface area contributed by atoms with E-state index in [0.717, 1.165) is 12.8 Å². The molecule has 1 aromatic rings. The van der Waals surface area contributed by atoms with Crippen molar-refractivity contribution in [3.05, 3.63) is 41.5 Å². The van der Waals surface area contributed by atoms with Gasteiger partial charge in [-0.3, -0.25) is 4.79 Å². The first-order valence-corrected chi connectivity index (χ1v) is 10.1. The van der Waals surface area contributed by atoms with Crippen molar-refractivity contribution in [2.24, 2.45) is 5.92 Å². The van der Waals surface area contributed by atoms with Gasteiger partial charge < -0.3 is 15.7 Å². The van der Waals surface area contributed by atoms with Crippen LogP contribution in [0.4, 0.5) is 13.2 Å². The lowest BCUT2D eigenvalue weighted by atomic mass is 9.91. The zero-order chi connectivity index (χ0) is 22.3. The number of carbonyl (C=O) groups is 2. The van der Waals surface area contributed by atoms with Crippen molar-refractivity contribution in [3.8, 4) is 0 Å². The Kier molecular flexibility index (Phi) is 8.46. The number of carboxylic acids is 1. The molecular weight excluding hydrogens is 397 g/mol. The molecule has 2 aliphatic carbocycles. The van der Waals surface area contributed by atoms with Gasteiger partial charge in [-0.1, -0.05) is 42.0 Å². The molecular formula is C22H29F3N2O3. The molecule has 3 N–H and O–H groups in total. The molecule has 0 spiro atoms. The minimum Gasteiger partial charge on any atom is -0.475 e. The number of nitrogens with one attached hydrogen (secondary N) is 2. The van der Waals surface area contributed by atoms with E-state index in [2.05, 4.69) is 54.0 Å². The van der Waals surface area contributed by atoms with Crippen LogP contribution in [0.15, 0.2) is 35.9 Å². The van der Waals surface area contributed by atoms with E-state index < -0.39 is 12.1 Å². The van der Waals surface area contributed by atoms with Crippen molar-refractivity contribution in [1.82, 2.24) is 10.6 Å². The van der Waals surface area contributed by atoms with Gasteiger partial charge in [0.2, 0.25) is 5.91 Å². The molecule has 0 saturated heterocycles. The molecule has 0 radical (unpaired) electrons. The van der Waals surface area contributed by atoms with Crippen LogP contribution in [-0.2, 0) is 9.59 Å². The van der Waals surface area contributed by atoms with E-state index in [1.54, 1.807) is 6.92 Å². The minimum absolute atomic E-state index is 0.102. The number of rotatable bonds is 5. The summed E-state index contributed by atoms with van der Waals surface area (Å²) >= 11 is 0. The van der Waals surface area contributed by atoms with Gasteiger partial charge in [-0.05, 0) is 50.5 Å². The second-order valence-corrected chi connectivity index (χ2v) is 7.97. The molecule has 3 rings (SSSR count). The highest BCUT2D eigenvalue weighted by Gasteiger charge is 2.40. The zero-order valence-electron chi connectivity index (χ0n) is 17.2. The van der Waals surface area contributed by atoms with Crippen LogP contribution in [0.5, 0.6) is 0 Å². The van der Waals surface area contributed by atoms with E-state index in [-0.39, 0.29) is 5.91 Å². The summed E-state index contributed by atoms with van der Waals surface area (Å²) in [6.07, 6.45) is 3.06. The zero-order valence-corrected chi connectivity index (χ0v) is 17.2. The lowest BCUT2D eigenvalue weighted by Crippen LogP contribution is -2.42. The first-order valence-electron chi connectivity index (χ1n) is 10.1. The predicted octanol–water partition coefficient (Wildman–Crippen LogP) is 4.15. The number of carboxylic acid groups (broad SMARTS) is 1. The monoisotopic (exact) mass is 426 g/mol. The summed E-state index contributed by atoms with van der Waals surface area (Å²) in [5, 5.41) is 14.0. The van der Waals surface area contributed by atoms with Gasteiger partial charge in [-0.2, -0.15) is 13.2 Å². The Bertz CT molecular complexity index is 742. The van der Waals surface area contributed by atoms with E-state index in [0.29, 0.717) is 24.0 Å². The Morgan fingerprint density at radius 1 is 1.03 bits per heavy atom. The lowest BCUT2D eigenvalue weighted by molar-refractivity contribution is -0.192. The molecule has 1 amide bonds. The molecule has 166 valence electrons. The fraction of sp³-hybridized carbons (Fsp3) is 0.545. The standard InChI is InChI=1S/C20H28N2O.C2HF3O2/c1-14(12-16-6-4-3-5-7-16)19-13-20(19)22-18-10-8-17(9-11-18)21-15(2)23;3-2(4,5)1(6)7/h3-7,12,17-20,22H,8-11,13H2,1-2H3,(H,21,23);(H,6,7)/b14-12+;/t17?,18?,19-,20+;/m0./s1. The summed E-state index contributed by atoms with van der Waals surface area (Å²) in [5.41, 5.74) is 2.78. The van der Waals surface area contributed by atoms with Crippen LogP contribution >= 0.6 is 0 Å². The topological polar surface area (TPSA) is 78.4 Å². The Hall–Kier alpha value is -2.35. The molecule has 2 aliphatic rings. The van der Waals surface area contributed by atoms with Crippen LogP contribution in [0.2, 0.25) is 0 Å². The van der Waals surface area contributed by atoms with Gasteiger partial charge in [0.1, 0.15) is 0 Å². The van der Waals surface area contributed by atoms with Crippen LogP contribution < -0.4 is 10.6 Å². The third kappa shape index (κ3) is 8.18. The van der Waals surface area contributed by atoms with Gasteiger partial charge >= 0.3 is 12.1 Å². The van der Waals surface area contributed by atoms with Gasteiger partial charge in [0.15, 0.2) is 0 Å². The van der Waals surface area contributed by atoms with Crippen molar-refractivity contribution < 1.29 is 27.9 Å². The minimum atomic E-state index is -5.08. The van der Waals surface area contributed by atoms with E-state index in [1.807, 2.05) is 0 Å². The molecule has 1 aromatic carbocycles. The first kappa shape index (κ1) is 23.9. The summed E-state index contributed by atoms with van der Waals surface area (Å²) in [4.78, 5) is 20.0. The van der Waals surface area contributed by atoms with Crippen molar-refractivity contribution in [3.63, 3.8) is 0 Å². The summed E-state index contributed by atoms with van der Waals surface area (Å²) in [7, 11) is 0. The maximum atomic E-state index is 11.1. The van der Waals surface area contributed by atoms with E-state index in [4.69, 9.17) is 9.90 Å². The summed E-state index contributed by atoms with van der Waals surface area (Å²) < 4.78 is 31.7. The molecule has 0 aliphatic heterocycles. The molecule has 0 unspecified atom stereocenters. The van der Waals surface area contributed by atoms with Crippen LogP contribution in [0.25, 0.3) is 6.08 Å². The van der Waals surface area contributed by atoms with Crippen molar-refractivity contribution in [2.75, 3.05) is 0 Å². The van der Waals surface area contributed by atoms with E-state index >= 15 is 0 Å². The normalized spacial score (nSPS) is 26.2. The van der Waals surface area contributed by atoms with Gasteiger partial charge in [-0.25, -0.2) is 4.79 Å². The summed E-state index contributed by atoms with van der Waals surface area (Å²) in [5.74, 6) is -1.96. The molecule has 0 bridgehead atoms. The number of carbonyl (C=O) groups excluding carboxylic acids is 1. The van der Waals surface area contributed by atoms with Gasteiger partial charge in [-0.15, -0.1) is 0 Å². The average molecular weight is 426 g/mol. The second-order valence-electron chi connectivity index (χ2n) is 7.97.